The molecule has 144 valence electrons. The Morgan fingerprint density at radius 2 is 1.79 bits per heavy atom. The van der Waals surface area contributed by atoms with E-state index < -0.39 is 12.0 Å². The van der Waals surface area contributed by atoms with Crippen LogP contribution in [0.3, 0.4) is 0 Å². The van der Waals surface area contributed by atoms with Gasteiger partial charge in [0.1, 0.15) is 11.9 Å². The van der Waals surface area contributed by atoms with Crippen LogP contribution in [-0.4, -0.2) is 37.2 Å². The molecule has 0 saturated carbocycles. The first-order valence-electron chi connectivity index (χ1n) is 8.93. The van der Waals surface area contributed by atoms with Crippen LogP contribution in [0, 0.1) is 6.92 Å². The predicted octanol–water partition coefficient (Wildman–Crippen LogP) is 2.42. The van der Waals surface area contributed by atoms with Gasteiger partial charge in [-0.2, -0.15) is 0 Å². The van der Waals surface area contributed by atoms with E-state index in [-0.39, 0.29) is 12.3 Å². The maximum absolute atomic E-state index is 13.0. The predicted molar refractivity (Wildman–Crippen MR) is 103 cm³/mol. The third-order valence-corrected chi connectivity index (χ3v) is 4.38. The second kappa shape index (κ2) is 8.90. The zero-order valence-electron chi connectivity index (χ0n) is 15.4. The van der Waals surface area contributed by atoms with E-state index in [1.165, 1.54) is 4.68 Å². The van der Waals surface area contributed by atoms with Gasteiger partial charge in [-0.1, -0.05) is 42.5 Å². The van der Waals surface area contributed by atoms with E-state index in [1.54, 1.807) is 19.1 Å². The summed E-state index contributed by atoms with van der Waals surface area (Å²) in [4.78, 5) is 23.6. The monoisotopic (exact) mass is 379 g/mol. The summed E-state index contributed by atoms with van der Waals surface area (Å²) >= 11 is 0. The number of tetrazole rings is 1. The van der Waals surface area contributed by atoms with Crippen LogP contribution >= 0.6 is 0 Å². The number of nitrogens with one attached hydrogen (secondary N) is 1. The minimum Gasteiger partial charge on any atom is -0.481 e. The van der Waals surface area contributed by atoms with Crippen molar-refractivity contribution in [1.82, 2.24) is 20.2 Å². The average molecular weight is 379 g/mol. The van der Waals surface area contributed by atoms with Gasteiger partial charge in [-0.3, -0.25) is 9.59 Å². The molecule has 3 aromatic rings. The molecule has 2 aromatic carbocycles. The van der Waals surface area contributed by atoms with E-state index in [1.807, 2.05) is 42.5 Å². The molecule has 0 spiro atoms. The number of benzene rings is 2. The van der Waals surface area contributed by atoms with Crippen molar-refractivity contribution in [2.24, 2.45) is 0 Å². The van der Waals surface area contributed by atoms with Crippen molar-refractivity contribution in [3.8, 4) is 0 Å². The van der Waals surface area contributed by atoms with Gasteiger partial charge >= 0.3 is 5.97 Å². The Morgan fingerprint density at radius 1 is 1.07 bits per heavy atom. The number of aliphatic carboxylic acids is 1. The molecule has 8 heteroatoms. The Morgan fingerprint density at radius 3 is 2.39 bits per heavy atom. The SMILES string of the molecule is Cc1nnnn1C(Cc1ccccc1)C(=O)Nc1ccc(CCC(=O)O)cc1. The van der Waals surface area contributed by atoms with Crippen molar-refractivity contribution in [2.75, 3.05) is 5.32 Å². The molecular weight excluding hydrogens is 358 g/mol. The van der Waals surface area contributed by atoms with Crippen LogP contribution in [0.4, 0.5) is 5.69 Å². The van der Waals surface area contributed by atoms with Gasteiger partial charge in [0, 0.05) is 18.5 Å². The first-order chi connectivity index (χ1) is 13.5. The summed E-state index contributed by atoms with van der Waals surface area (Å²) in [7, 11) is 0. The normalized spacial score (nSPS) is 11.8. The molecule has 0 bridgehead atoms. The number of carbonyl (C=O) groups is 2. The number of rotatable bonds is 8. The molecule has 0 radical (unpaired) electrons. The number of nitrogens with zero attached hydrogens (tertiary/aromatic N) is 4. The molecule has 0 fully saturated rings. The number of hydrogen-bond acceptors (Lipinski definition) is 5. The lowest BCUT2D eigenvalue weighted by Crippen LogP contribution is -2.29. The number of amides is 1. The van der Waals surface area contributed by atoms with Crippen LogP contribution in [0.15, 0.2) is 54.6 Å². The fraction of sp³-hybridized carbons (Fsp3) is 0.250. The minimum atomic E-state index is -0.835. The second-order valence-electron chi connectivity index (χ2n) is 6.46. The molecule has 1 amide bonds. The topological polar surface area (TPSA) is 110 Å². The molecule has 0 aliphatic carbocycles. The largest absolute Gasteiger partial charge is 0.481 e. The molecule has 8 nitrogen and oxygen atoms in total. The Hall–Kier alpha value is -3.55. The Balaban J connectivity index is 1.74. The lowest BCUT2D eigenvalue weighted by atomic mass is 10.0. The van der Waals surface area contributed by atoms with E-state index in [2.05, 4.69) is 20.8 Å². The van der Waals surface area contributed by atoms with Gasteiger partial charge < -0.3 is 10.4 Å². The van der Waals surface area contributed by atoms with Gasteiger partial charge in [-0.05, 0) is 47.0 Å². The highest BCUT2D eigenvalue weighted by Gasteiger charge is 2.24. The number of carbonyl (C=O) groups excluding carboxylic acids is 1. The summed E-state index contributed by atoms with van der Waals surface area (Å²) in [6.45, 7) is 1.75. The van der Waals surface area contributed by atoms with Crippen molar-refractivity contribution >= 4 is 17.6 Å². The van der Waals surface area contributed by atoms with Crippen molar-refractivity contribution < 1.29 is 14.7 Å². The van der Waals surface area contributed by atoms with E-state index in [4.69, 9.17) is 5.11 Å². The molecule has 0 aliphatic heterocycles. The van der Waals surface area contributed by atoms with Crippen molar-refractivity contribution in [2.45, 2.75) is 32.2 Å². The quantitative estimate of drug-likeness (QED) is 0.622. The van der Waals surface area contributed by atoms with Gasteiger partial charge in [-0.15, -0.1) is 5.10 Å². The average Bonchev–Trinajstić information content (AvgIpc) is 3.12. The van der Waals surface area contributed by atoms with Gasteiger partial charge in [0.15, 0.2) is 0 Å². The van der Waals surface area contributed by atoms with Crippen LogP contribution in [0.5, 0.6) is 0 Å². The molecule has 28 heavy (non-hydrogen) atoms. The highest BCUT2D eigenvalue weighted by molar-refractivity contribution is 5.93. The number of hydrogen-bond donors (Lipinski definition) is 2. The first-order valence-corrected chi connectivity index (χ1v) is 8.93. The Kier molecular flexibility index (Phi) is 6.11. The van der Waals surface area contributed by atoms with Crippen molar-refractivity contribution in [1.29, 1.82) is 0 Å². The standard InChI is InChI=1S/C20H21N5O3/c1-14-22-23-24-25(14)18(13-16-5-3-2-4-6-16)20(28)21-17-10-7-15(8-11-17)9-12-19(26)27/h2-8,10-11,18H,9,12-13H2,1H3,(H,21,28)(H,26,27). The minimum absolute atomic E-state index is 0.0728. The number of aromatic nitrogens is 4. The molecule has 1 aromatic heterocycles. The maximum atomic E-state index is 13.0. The van der Waals surface area contributed by atoms with Crippen molar-refractivity contribution in [3.63, 3.8) is 0 Å². The molecule has 0 aliphatic rings. The second-order valence-corrected chi connectivity index (χ2v) is 6.46. The molecular formula is C20H21N5O3. The highest BCUT2D eigenvalue weighted by atomic mass is 16.4. The lowest BCUT2D eigenvalue weighted by molar-refractivity contribution is -0.137. The summed E-state index contributed by atoms with van der Waals surface area (Å²) in [6, 6.07) is 16.2. The molecule has 1 unspecified atom stereocenters. The fourth-order valence-electron chi connectivity index (χ4n) is 2.89. The van der Waals surface area contributed by atoms with E-state index >= 15 is 0 Å². The van der Waals surface area contributed by atoms with Gasteiger partial charge in [0.25, 0.3) is 0 Å². The maximum Gasteiger partial charge on any atom is 0.303 e. The summed E-state index contributed by atoms with van der Waals surface area (Å²) < 4.78 is 1.52. The molecule has 2 N–H and O–H groups in total. The Bertz CT molecular complexity index is 938. The molecule has 1 heterocycles. The van der Waals surface area contributed by atoms with Crippen LogP contribution in [-0.2, 0) is 22.4 Å². The van der Waals surface area contributed by atoms with E-state index in [9.17, 15) is 9.59 Å². The summed E-state index contributed by atoms with van der Waals surface area (Å²) in [5, 5.41) is 23.2. The van der Waals surface area contributed by atoms with Crippen LogP contribution in [0.2, 0.25) is 0 Å². The zero-order chi connectivity index (χ0) is 19.9. The third-order valence-electron chi connectivity index (χ3n) is 4.38. The van der Waals surface area contributed by atoms with Gasteiger partial charge in [0.05, 0.1) is 0 Å². The number of anilines is 1. The molecule has 3 rings (SSSR count). The summed E-state index contributed by atoms with van der Waals surface area (Å²) in [5.74, 6) is -0.504. The van der Waals surface area contributed by atoms with Crippen LogP contribution in [0.25, 0.3) is 0 Å². The number of aryl methyl sites for hydroxylation is 2. The van der Waals surface area contributed by atoms with E-state index in [0.717, 1.165) is 11.1 Å². The number of carboxylic acid groups (broad SMARTS) is 1. The van der Waals surface area contributed by atoms with Crippen LogP contribution < -0.4 is 5.32 Å². The Labute approximate surface area is 162 Å². The van der Waals surface area contributed by atoms with Gasteiger partial charge in [-0.25, -0.2) is 4.68 Å². The summed E-state index contributed by atoms with van der Waals surface area (Å²) in [5.41, 5.74) is 2.53. The number of carboxylic acids is 1. The molecule has 1 atom stereocenters. The zero-order valence-corrected chi connectivity index (χ0v) is 15.4. The summed E-state index contributed by atoms with van der Waals surface area (Å²) in [6.07, 6.45) is 0.975. The van der Waals surface area contributed by atoms with Gasteiger partial charge in [0.2, 0.25) is 5.91 Å². The highest BCUT2D eigenvalue weighted by Crippen LogP contribution is 2.18. The fourth-order valence-corrected chi connectivity index (χ4v) is 2.89. The third kappa shape index (κ3) is 5.00. The lowest BCUT2D eigenvalue weighted by Gasteiger charge is -2.18. The first kappa shape index (κ1) is 19.2. The van der Waals surface area contributed by atoms with Crippen molar-refractivity contribution in [3.05, 3.63) is 71.5 Å². The van der Waals surface area contributed by atoms with E-state index in [0.29, 0.717) is 24.4 Å². The molecule has 0 saturated heterocycles. The smallest absolute Gasteiger partial charge is 0.303 e. The van der Waals surface area contributed by atoms with Crippen LogP contribution in [0.1, 0.15) is 29.4 Å².